The summed E-state index contributed by atoms with van der Waals surface area (Å²) in [6, 6.07) is 5.91. The molecule has 2 rings (SSSR count). The van der Waals surface area contributed by atoms with Gasteiger partial charge < -0.3 is 4.84 Å². The van der Waals surface area contributed by atoms with Crippen LogP contribution in [0.1, 0.15) is 29.3 Å². The van der Waals surface area contributed by atoms with Crippen LogP contribution in [0.25, 0.3) is 0 Å². The molecule has 1 amide bonds. The summed E-state index contributed by atoms with van der Waals surface area (Å²) in [5.74, 6) is -2.25. The largest absolute Gasteiger partial charge is 0.363 e. The van der Waals surface area contributed by atoms with Crippen molar-refractivity contribution in [3.63, 3.8) is 0 Å². The van der Waals surface area contributed by atoms with Crippen molar-refractivity contribution in [1.82, 2.24) is 5.06 Å². The normalized spacial score (nSPS) is 17.3. The number of rotatable bonds is 7. The summed E-state index contributed by atoms with van der Waals surface area (Å²) in [4.78, 5) is 51.4. The standard InChI is InChI=1S/C17H17NO8S/c1-11(19)5-6-14(20)8-12-3-2-4-13(7-12)17(22)26-18-10-15(9-16(18)21)27(23,24)25/h2-7,15H,8-10H2,1H3,(H,23,24,25)/b6-5-. The average Bonchev–Trinajstić information content (AvgIpc) is 2.94. The second-order valence-electron chi connectivity index (χ2n) is 5.96. The molecule has 0 aromatic heterocycles. The molecule has 27 heavy (non-hydrogen) atoms. The van der Waals surface area contributed by atoms with Gasteiger partial charge >= 0.3 is 5.97 Å². The van der Waals surface area contributed by atoms with Gasteiger partial charge in [0.2, 0.25) is 0 Å². The van der Waals surface area contributed by atoms with Crippen LogP contribution in [0.3, 0.4) is 0 Å². The summed E-state index contributed by atoms with van der Waals surface area (Å²) in [7, 11) is -4.42. The topological polar surface area (TPSA) is 135 Å². The zero-order valence-electron chi connectivity index (χ0n) is 14.3. The van der Waals surface area contributed by atoms with Gasteiger partial charge in [0.25, 0.3) is 16.0 Å². The number of benzene rings is 1. The molecular weight excluding hydrogens is 378 g/mol. The van der Waals surface area contributed by atoms with Crippen LogP contribution in [-0.2, 0) is 35.8 Å². The Morgan fingerprint density at radius 3 is 2.59 bits per heavy atom. The van der Waals surface area contributed by atoms with Crippen molar-refractivity contribution < 1.29 is 37.0 Å². The quantitative estimate of drug-likeness (QED) is 0.521. The molecule has 1 fully saturated rings. The molecule has 1 N–H and O–H groups in total. The van der Waals surface area contributed by atoms with Crippen LogP contribution in [0, 0.1) is 0 Å². The Bertz CT molecular complexity index is 919. The van der Waals surface area contributed by atoms with Crippen molar-refractivity contribution in [2.45, 2.75) is 25.0 Å². The lowest BCUT2D eigenvalue weighted by molar-refractivity contribution is -0.159. The summed E-state index contributed by atoms with van der Waals surface area (Å²) < 4.78 is 31.2. The van der Waals surface area contributed by atoms with E-state index in [1.807, 2.05) is 0 Å². The molecule has 0 saturated carbocycles. The number of hydrogen-bond donors (Lipinski definition) is 1. The Kier molecular flexibility index (Phi) is 6.24. The monoisotopic (exact) mass is 395 g/mol. The predicted octanol–water partition coefficient (Wildman–Crippen LogP) is 0.504. The van der Waals surface area contributed by atoms with E-state index in [2.05, 4.69) is 0 Å². The van der Waals surface area contributed by atoms with Crippen molar-refractivity contribution in [3.8, 4) is 0 Å². The molecule has 1 aromatic rings. The van der Waals surface area contributed by atoms with Crippen LogP contribution >= 0.6 is 0 Å². The summed E-state index contributed by atoms with van der Waals surface area (Å²) >= 11 is 0. The third-order valence-electron chi connectivity index (χ3n) is 3.71. The third-order valence-corrected chi connectivity index (χ3v) is 4.87. The van der Waals surface area contributed by atoms with Gasteiger partial charge in [-0.25, -0.2) is 4.79 Å². The van der Waals surface area contributed by atoms with E-state index < -0.39 is 40.2 Å². The number of amides is 1. The van der Waals surface area contributed by atoms with Gasteiger partial charge in [0.05, 0.1) is 18.5 Å². The van der Waals surface area contributed by atoms with Crippen molar-refractivity contribution in [2.75, 3.05) is 6.54 Å². The fourth-order valence-electron chi connectivity index (χ4n) is 2.37. The van der Waals surface area contributed by atoms with E-state index >= 15 is 0 Å². The zero-order valence-corrected chi connectivity index (χ0v) is 15.1. The fraction of sp³-hybridized carbons (Fsp3) is 0.294. The van der Waals surface area contributed by atoms with Gasteiger partial charge in [-0.1, -0.05) is 12.1 Å². The Labute approximate surface area is 155 Å². The van der Waals surface area contributed by atoms with E-state index in [1.165, 1.54) is 25.1 Å². The summed E-state index contributed by atoms with van der Waals surface area (Å²) in [5.41, 5.74) is 0.546. The minimum Gasteiger partial charge on any atom is -0.333 e. The van der Waals surface area contributed by atoms with E-state index in [1.54, 1.807) is 6.07 Å². The van der Waals surface area contributed by atoms with E-state index in [0.29, 0.717) is 10.6 Å². The molecule has 9 nitrogen and oxygen atoms in total. The molecule has 1 aromatic carbocycles. The highest BCUT2D eigenvalue weighted by molar-refractivity contribution is 7.86. The van der Waals surface area contributed by atoms with Crippen molar-refractivity contribution in [3.05, 3.63) is 47.5 Å². The minimum atomic E-state index is -4.42. The molecule has 1 atom stereocenters. The second kappa shape index (κ2) is 8.23. The molecule has 0 bridgehead atoms. The maximum absolute atomic E-state index is 12.2. The van der Waals surface area contributed by atoms with Crippen molar-refractivity contribution in [1.29, 1.82) is 0 Å². The highest BCUT2D eigenvalue weighted by Gasteiger charge is 2.39. The van der Waals surface area contributed by atoms with E-state index in [0.717, 1.165) is 12.2 Å². The molecule has 1 heterocycles. The third kappa shape index (κ3) is 5.83. The highest BCUT2D eigenvalue weighted by atomic mass is 32.2. The SMILES string of the molecule is CC(=O)/C=C\C(=O)Cc1cccc(C(=O)ON2CC(S(=O)(=O)O)CC2=O)c1. The number of ketones is 2. The van der Waals surface area contributed by atoms with Crippen LogP contribution < -0.4 is 0 Å². The lowest BCUT2D eigenvalue weighted by atomic mass is 10.1. The van der Waals surface area contributed by atoms with E-state index in [4.69, 9.17) is 9.39 Å². The van der Waals surface area contributed by atoms with Crippen LogP contribution in [0.2, 0.25) is 0 Å². The molecule has 10 heteroatoms. The molecule has 0 spiro atoms. The van der Waals surface area contributed by atoms with Crippen LogP contribution in [0.5, 0.6) is 0 Å². The van der Waals surface area contributed by atoms with Gasteiger partial charge in [0.15, 0.2) is 11.6 Å². The van der Waals surface area contributed by atoms with Gasteiger partial charge in [-0.15, -0.1) is 0 Å². The van der Waals surface area contributed by atoms with Gasteiger partial charge in [0, 0.05) is 6.42 Å². The smallest absolute Gasteiger partial charge is 0.333 e. The number of carbonyl (C=O) groups excluding carboxylic acids is 4. The van der Waals surface area contributed by atoms with Gasteiger partial charge in [-0.05, 0) is 36.8 Å². The number of hydroxylamine groups is 2. The first-order valence-electron chi connectivity index (χ1n) is 7.85. The lowest BCUT2D eigenvalue weighted by Gasteiger charge is -2.15. The van der Waals surface area contributed by atoms with Crippen LogP contribution in [-0.4, -0.2) is 53.3 Å². The maximum atomic E-state index is 12.2. The number of hydrogen-bond acceptors (Lipinski definition) is 7. The van der Waals surface area contributed by atoms with E-state index in [-0.39, 0.29) is 23.6 Å². The van der Waals surface area contributed by atoms with Crippen molar-refractivity contribution in [2.24, 2.45) is 0 Å². The summed E-state index contributed by atoms with van der Waals surface area (Å²) in [5, 5.41) is -0.761. The maximum Gasteiger partial charge on any atom is 0.363 e. The number of allylic oxidation sites excluding steroid dienone is 2. The molecular formula is C17H17NO8S. The molecule has 0 radical (unpaired) electrons. The van der Waals surface area contributed by atoms with Gasteiger partial charge in [0.1, 0.15) is 5.25 Å². The molecule has 144 valence electrons. The van der Waals surface area contributed by atoms with Gasteiger partial charge in [-0.2, -0.15) is 13.5 Å². The molecule has 1 aliphatic heterocycles. The fourth-order valence-corrected chi connectivity index (χ4v) is 3.04. The number of carbonyl (C=O) groups is 4. The molecule has 1 saturated heterocycles. The highest BCUT2D eigenvalue weighted by Crippen LogP contribution is 2.19. The molecule has 1 unspecified atom stereocenters. The summed E-state index contributed by atoms with van der Waals surface area (Å²) in [6.07, 6.45) is 1.76. The average molecular weight is 395 g/mol. The van der Waals surface area contributed by atoms with Crippen LogP contribution in [0.15, 0.2) is 36.4 Å². The first-order valence-corrected chi connectivity index (χ1v) is 9.36. The van der Waals surface area contributed by atoms with Gasteiger partial charge in [-0.3, -0.25) is 18.9 Å². The molecule has 1 aliphatic rings. The lowest BCUT2D eigenvalue weighted by Crippen LogP contribution is -2.31. The Morgan fingerprint density at radius 1 is 1.30 bits per heavy atom. The first kappa shape index (κ1) is 20.5. The second-order valence-corrected chi connectivity index (χ2v) is 7.66. The predicted molar refractivity (Wildman–Crippen MR) is 92.1 cm³/mol. The Hall–Kier alpha value is -2.85. The minimum absolute atomic E-state index is 0.0433. The van der Waals surface area contributed by atoms with Crippen molar-refractivity contribution >= 4 is 33.6 Å². The first-order chi connectivity index (χ1) is 12.6. The zero-order chi connectivity index (χ0) is 20.2. The summed E-state index contributed by atoms with van der Waals surface area (Å²) in [6.45, 7) is 0.851. The number of nitrogens with zero attached hydrogens (tertiary/aromatic N) is 1. The van der Waals surface area contributed by atoms with Crippen LogP contribution in [0.4, 0.5) is 0 Å². The Balaban J connectivity index is 2.04. The Morgan fingerprint density at radius 2 is 2.00 bits per heavy atom. The molecule has 0 aliphatic carbocycles. The van der Waals surface area contributed by atoms with E-state index in [9.17, 15) is 27.6 Å².